The van der Waals surface area contributed by atoms with E-state index < -0.39 is 0 Å². The van der Waals surface area contributed by atoms with Crippen LogP contribution in [-0.4, -0.2) is 9.13 Å². The summed E-state index contributed by atoms with van der Waals surface area (Å²) in [4.78, 5) is 2.38. The number of rotatable bonds is 9. The van der Waals surface area contributed by atoms with Crippen molar-refractivity contribution in [3.8, 4) is 55.9 Å². The molecule has 2 aromatic heterocycles. The topological polar surface area (TPSA) is 13.1 Å². The van der Waals surface area contributed by atoms with Gasteiger partial charge >= 0.3 is 0 Å². The van der Waals surface area contributed by atoms with Crippen LogP contribution in [0.25, 0.3) is 99.5 Å². The van der Waals surface area contributed by atoms with Gasteiger partial charge in [0.1, 0.15) is 0 Å². The lowest BCUT2D eigenvalue weighted by Crippen LogP contribution is -2.10. The number of aromatic nitrogens is 2. The molecule has 324 valence electrons. The summed E-state index contributed by atoms with van der Waals surface area (Å²) in [6.45, 7) is 0. The Balaban J connectivity index is 0.805. The normalized spacial score (nSPS) is 11.5. The summed E-state index contributed by atoms with van der Waals surface area (Å²) in [5.41, 5.74) is 20.0. The van der Waals surface area contributed by atoms with Crippen LogP contribution in [0, 0.1) is 0 Å². The average Bonchev–Trinajstić information content (AvgIpc) is 3.94. The van der Waals surface area contributed by atoms with Crippen molar-refractivity contribution in [3.63, 3.8) is 0 Å². The largest absolute Gasteiger partial charge is 0.310 e. The molecule has 11 aromatic carbocycles. The molecule has 0 atom stereocenters. The summed E-state index contributed by atoms with van der Waals surface area (Å²) in [7, 11) is 0. The van der Waals surface area contributed by atoms with Crippen molar-refractivity contribution < 1.29 is 0 Å². The Kier molecular flexibility index (Phi) is 9.84. The van der Waals surface area contributed by atoms with Gasteiger partial charge in [-0.05, 0) is 136 Å². The minimum absolute atomic E-state index is 1.09. The third-order valence-electron chi connectivity index (χ3n) is 13.7. The molecule has 0 spiro atoms. The minimum atomic E-state index is 1.09. The molecule has 0 aliphatic carbocycles. The van der Waals surface area contributed by atoms with Gasteiger partial charge in [0, 0.05) is 50.0 Å². The maximum Gasteiger partial charge on any atom is 0.0542 e. The summed E-state index contributed by atoms with van der Waals surface area (Å²) in [6.07, 6.45) is 0. The molecule has 13 rings (SSSR count). The van der Waals surface area contributed by atoms with E-state index in [0.717, 1.165) is 22.7 Å². The quantitative estimate of drug-likeness (QED) is 0.141. The molecule has 3 nitrogen and oxygen atoms in total. The summed E-state index contributed by atoms with van der Waals surface area (Å²) >= 11 is 0. The highest BCUT2D eigenvalue weighted by molar-refractivity contribution is 6.12. The highest BCUT2D eigenvalue weighted by Gasteiger charge is 2.19. The van der Waals surface area contributed by atoms with Crippen molar-refractivity contribution in [1.29, 1.82) is 0 Å². The van der Waals surface area contributed by atoms with E-state index in [2.05, 4.69) is 287 Å². The van der Waals surface area contributed by atoms with E-state index in [4.69, 9.17) is 0 Å². The zero-order valence-corrected chi connectivity index (χ0v) is 37.8. The van der Waals surface area contributed by atoms with Gasteiger partial charge < -0.3 is 14.0 Å². The van der Waals surface area contributed by atoms with Crippen molar-refractivity contribution in [2.75, 3.05) is 4.90 Å². The summed E-state index contributed by atoms with van der Waals surface area (Å²) < 4.78 is 4.74. The Morgan fingerprint density at radius 1 is 0.203 bits per heavy atom. The smallest absolute Gasteiger partial charge is 0.0542 e. The number of hydrogen-bond donors (Lipinski definition) is 0. The molecule has 3 heteroatoms. The zero-order chi connectivity index (χ0) is 45.7. The summed E-state index contributed by atoms with van der Waals surface area (Å²) in [5, 5.41) is 4.97. The molecular weight excluding hydrogens is 835 g/mol. The molecule has 0 N–H and O–H groups in total. The standard InChI is InChI=1S/C66H45N3/c1-4-14-46(15-5-1)50-32-37-56(38-33-50)67(58-41-43-66-62(45-58)60-21-11-13-23-64(60)69(66)55-18-8-3-9-19-55)57-39-34-51(35-40-57)49-26-24-47(25-27-49)48-28-30-52(31-29-48)53-36-42-65-61(44-53)59-20-10-12-22-63(59)68(65)54-16-6-2-7-17-54/h1-45H. The van der Waals surface area contributed by atoms with Crippen molar-refractivity contribution in [1.82, 2.24) is 9.13 Å². The first-order valence-electron chi connectivity index (χ1n) is 23.7. The highest BCUT2D eigenvalue weighted by atomic mass is 15.1. The van der Waals surface area contributed by atoms with Crippen LogP contribution in [0.4, 0.5) is 17.1 Å². The molecule has 2 heterocycles. The Morgan fingerprint density at radius 2 is 0.507 bits per heavy atom. The maximum absolute atomic E-state index is 2.38. The van der Waals surface area contributed by atoms with E-state index in [1.165, 1.54) is 93.8 Å². The first kappa shape index (κ1) is 40.1. The Bertz CT molecular complexity index is 3940. The van der Waals surface area contributed by atoms with Gasteiger partial charge in [-0.25, -0.2) is 0 Å². The van der Waals surface area contributed by atoms with Crippen LogP contribution in [0.1, 0.15) is 0 Å². The first-order valence-corrected chi connectivity index (χ1v) is 23.7. The fraction of sp³-hybridized carbons (Fsp3) is 0. The monoisotopic (exact) mass is 879 g/mol. The van der Waals surface area contributed by atoms with Gasteiger partial charge in [-0.1, -0.05) is 182 Å². The fourth-order valence-corrected chi connectivity index (χ4v) is 10.4. The van der Waals surface area contributed by atoms with E-state index in [0.29, 0.717) is 0 Å². The van der Waals surface area contributed by atoms with Gasteiger partial charge in [0.2, 0.25) is 0 Å². The molecular formula is C66H45N3. The Labute approximate surface area is 401 Å². The van der Waals surface area contributed by atoms with Gasteiger partial charge in [0.05, 0.1) is 22.1 Å². The molecule has 69 heavy (non-hydrogen) atoms. The van der Waals surface area contributed by atoms with Crippen molar-refractivity contribution >= 4 is 60.7 Å². The molecule has 0 unspecified atom stereocenters. The van der Waals surface area contributed by atoms with E-state index in [-0.39, 0.29) is 0 Å². The van der Waals surface area contributed by atoms with Crippen LogP contribution < -0.4 is 4.90 Å². The van der Waals surface area contributed by atoms with Gasteiger partial charge in [0.15, 0.2) is 0 Å². The molecule has 0 fully saturated rings. The number of nitrogens with zero attached hydrogens (tertiary/aromatic N) is 3. The lowest BCUT2D eigenvalue weighted by molar-refractivity contribution is 1.18. The maximum atomic E-state index is 2.38. The van der Waals surface area contributed by atoms with E-state index in [1.54, 1.807) is 0 Å². The van der Waals surface area contributed by atoms with Crippen LogP contribution in [0.15, 0.2) is 273 Å². The van der Waals surface area contributed by atoms with Gasteiger partial charge in [0.25, 0.3) is 0 Å². The van der Waals surface area contributed by atoms with Gasteiger partial charge in [-0.15, -0.1) is 0 Å². The molecule has 0 amide bonds. The molecule has 13 aromatic rings. The van der Waals surface area contributed by atoms with E-state index in [1.807, 2.05) is 0 Å². The van der Waals surface area contributed by atoms with Crippen LogP contribution in [-0.2, 0) is 0 Å². The fourth-order valence-electron chi connectivity index (χ4n) is 10.4. The molecule has 0 saturated carbocycles. The third-order valence-corrected chi connectivity index (χ3v) is 13.7. The van der Waals surface area contributed by atoms with Crippen LogP contribution >= 0.6 is 0 Å². The summed E-state index contributed by atoms with van der Waals surface area (Å²) in [5.74, 6) is 0. The van der Waals surface area contributed by atoms with E-state index >= 15 is 0 Å². The SMILES string of the molecule is c1ccc(-c2ccc(N(c3ccc(-c4ccc(-c5ccc(-c6ccc7c(c6)c6ccccc6n7-c6ccccc6)cc5)cc4)cc3)c3ccc4c(c3)c3ccccc3n4-c3ccccc3)cc2)cc1. The minimum Gasteiger partial charge on any atom is -0.310 e. The third kappa shape index (κ3) is 7.16. The second-order valence-electron chi connectivity index (χ2n) is 17.8. The second kappa shape index (κ2) is 16.9. The lowest BCUT2D eigenvalue weighted by Gasteiger charge is -2.26. The Hall–Kier alpha value is -9.18. The van der Waals surface area contributed by atoms with Crippen LogP contribution in [0.2, 0.25) is 0 Å². The molecule has 0 radical (unpaired) electrons. The number of fused-ring (bicyclic) bond motifs is 6. The second-order valence-corrected chi connectivity index (χ2v) is 17.8. The Morgan fingerprint density at radius 3 is 0.971 bits per heavy atom. The van der Waals surface area contributed by atoms with Crippen LogP contribution in [0.5, 0.6) is 0 Å². The highest BCUT2D eigenvalue weighted by Crippen LogP contribution is 2.41. The predicted octanol–water partition coefficient (Wildman–Crippen LogP) is 18.0. The molecule has 0 bridgehead atoms. The van der Waals surface area contributed by atoms with E-state index in [9.17, 15) is 0 Å². The number of para-hydroxylation sites is 4. The first-order chi connectivity index (χ1) is 34.2. The number of anilines is 3. The van der Waals surface area contributed by atoms with Gasteiger partial charge in [-0.3, -0.25) is 0 Å². The van der Waals surface area contributed by atoms with Crippen molar-refractivity contribution in [2.45, 2.75) is 0 Å². The van der Waals surface area contributed by atoms with Crippen molar-refractivity contribution in [2.24, 2.45) is 0 Å². The number of benzene rings is 11. The molecule has 0 saturated heterocycles. The zero-order valence-electron chi connectivity index (χ0n) is 37.8. The molecule has 0 aliphatic rings. The summed E-state index contributed by atoms with van der Waals surface area (Å²) in [6, 6.07) is 98.9. The van der Waals surface area contributed by atoms with Gasteiger partial charge in [-0.2, -0.15) is 0 Å². The van der Waals surface area contributed by atoms with Crippen molar-refractivity contribution in [3.05, 3.63) is 273 Å². The van der Waals surface area contributed by atoms with Crippen LogP contribution in [0.3, 0.4) is 0 Å². The molecule has 0 aliphatic heterocycles. The lowest BCUT2D eigenvalue weighted by atomic mass is 9.97. The predicted molar refractivity (Wildman–Crippen MR) is 292 cm³/mol. The average molecular weight is 880 g/mol. The number of hydrogen-bond acceptors (Lipinski definition) is 1.